The van der Waals surface area contributed by atoms with Gasteiger partial charge in [0.1, 0.15) is 0 Å². The Morgan fingerprint density at radius 2 is 1.90 bits per heavy atom. The highest BCUT2D eigenvalue weighted by molar-refractivity contribution is 6.70. The summed E-state index contributed by atoms with van der Waals surface area (Å²) >= 11 is 10.0. The van der Waals surface area contributed by atoms with Gasteiger partial charge >= 0.3 is 0 Å². The molecule has 0 fully saturated rings. The van der Waals surface area contributed by atoms with Gasteiger partial charge in [0.25, 0.3) is 0 Å². The number of carbonyl (C=O) groups excluding carboxylic acids is 2. The van der Waals surface area contributed by atoms with Gasteiger partial charge in [-0.15, -0.1) is 0 Å². The van der Waals surface area contributed by atoms with Crippen LogP contribution in [0.25, 0.3) is 0 Å². The van der Waals surface area contributed by atoms with Gasteiger partial charge < -0.3 is 0 Å². The first-order chi connectivity index (χ1) is 4.57. The van der Waals surface area contributed by atoms with Gasteiger partial charge in [0.05, 0.1) is 0 Å². The van der Waals surface area contributed by atoms with E-state index in [1.54, 1.807) is 6.92 Å². The Balaban J connectivity index is 4.34. The van der Waals surface area contributed by atoms with Crippen molar-refractivity contribution in [2.75, 3.05) is 0 Å². The van der Waals surface area contributed by atoms with Crippen LogP contribution in [0, 0.1) is 0 Å². The average Bonchev–Trinajstić information content (AvgIpc) is 1.81. The van der Waals surface area contributed by atoms with Gasteiger partial charge in [-0.25, -0.2) is 0 Å². The molecule has 0 atom stereocenters. The molecule has 56 valence electrons. The van der Waals surface area contributed by atoms with Crippen molar-refractivity contribution in [3.8, 4) is 0 Å². The second-order valence-electron chi connectivity index (χ2n) is 1.60. The van der Waals surface area contributed by atoms with Crippen LogP contribution >= 0.6 is 23.2 Å². The van der Waals surface area contributed by atoms with Crippen molar-refractivity contribution in [1.82, 2.24) is 0 Å². The Kier molecular flexibility index (Phi) is 4.32. The van der Waals surface area contributed by atoms with Gasteiger partial charge in [0, 0.05) is 11.6 Å². The molecule has 0 aliphatic carbocycles. The molecule has 4 heteroatoms. The zero-order valence-corrected chi connectivity index (χ0v) is 6.87. The number of rotatable bonds is 3. The van der Waals surface area contributed by atoms with Gasteiger partial charge in [-0.1, -0.05) is 6.92 Å². The molecule has 0 saturated heterocycles. The number of allylic oxidation sites excluding steroid dienone is 2. The predicted octanol–water partition coefficient (Wildman–Crippen LogP) is 1.85. The fraction of sp³-hybridized carbons (Fsp3) is 0.333. The molecule has 0 rings (SSSR count). The lowest BCUT2D eigenvalue weighted by Gasteiger charge is -1.91. The Morgan fingerprint density at radius 1 is 1.40 bits per heavy atom. The van der Waals surface area contributed by atoms with Crippen molar-refractivity contribution in [1.29, 1.82) is 0 Å². The standard InChI is InChI=1S/C6H6Cl2O2/c1-2-4(6(8)10)3-5(7)9/h3H,2H2,1H3. The molecule has 0 saturated carbocycles. The van der Waals surface area contributed by atoms with Crippen LogP contribution in [-0.4, -0.2) is 10.5 Å². The summed E-state index contributed by atoms with van der Waals surface area (Å²) in [6, 6.07) is 0. The van der Waals surface area contributed by atoms with Crippen LogP contribution in [0.3, 0.4) is 0 Å². The van der Waals surface area contributed by atoms with E-state index in [4.69, 9.17) is 23.2 Å². The molecule has 0 aliphatic heterocycles. The Bertz CT molecular complexity index is 184. The van der Waals surface area contributed by atoms with Crippen LogP contribution in [0.5, 0.6) is 0 Å². The van der Waals surface area contributed by atoms with Crippen molar-refractivity contribution in [2.24, 2.45) is 0 Å². The molecule has 2 nitrogen and oxygen atoms in total. The summed E-state index contributed by atoms with van der Waals surface area (Å²) in [5.41, 5.74) is 0.238. The van der Waals surface area contributed by atoms with Gasteiger partial charge in [0.2, 0.25) is 10.5 Å². The van der Waals surface area contributed by atoms with E-state index in [9.17, 15) is 9.59 Å². The van der Waals surface area contributed by atoms with Crippen molar-refractivity contribution in [3.63, 3.8) is 0 Å². The second kappa shape index (κ2) is 4.47. The lowest BCUT2D eigenvalue weighted by atomic mass is 10.2. The second-order valence-corrected chi connectivity index (χ2v) is 2.32. The normalized spacial score (nSPS) is 11.3. The fourth-order valence-corrected chi connectivity index (χ4v) is 0.755. The minimum atomic E-state index is -0.675. The summed E-state index contributed by atoms with van der Waals surface area (Å²) in [5, 5.41) is -1.30. The van der Waals surface area contributed by atoms with Crippen LogP contribution in [-0.2, 0) is 9.59 Å². The molecule has 10 heavy (non-hydrogen) atoms. The SMILES string of the molecule is CCC(=CC(=O)Cl)C(=O)Cl. The van der Waals surface area contributed by atoms with Crippen LogP contribution < -0.4 is 0 Å². The Hall–Kier alpha value is -0.340. The van der Waals surface area contributed by atoms with E-state index in [1.807, 2.05) is 0 Å². The lowest BCUT2D eigenvalue weighted by molar-refractivity contribution is -0.110. The van der Waals surface area contributed by atoms with Gasteiger partial charge in [-0.3, -0.25) is 9.59 Å². The van der Waals surface area contributed by atoms with Gasteiger partial charge in [0.15, 0.2) is 0 Å². The van der Waals surface area contributed by atoms with Crippen LogP contribution in [0.2, 0.25) is 0 Å². The third-order valence-electron chi connectivity index (χ3n) is 0.921. The number of hydrogen-bond donors (Lipinski definition) is 0. The minimum absolute atomic E-state index is 0.238. The predicted molar refractivity (Wildman–Crippen MR) is 40.1 cm³/mol. The highest BCUT2D eigenvalue weighted by atomic mass is 35.5. The number of carbonyl (C=O) groups is 2. The molecule has 0 amide bonds. The first-order valence-electron chi connectivity index (χ1n) is 2.67. The van der Waals surface area contributed by atoms with E-state index in [-0.39, 0.29) is 5.57 Å². The average molecular weight is 181 g/mol. The van der Waals surface area contributed by atoms with Crippen LogP contribution in [0.4, 0.5) is 0 Å². The first kappa shape index (κ1) is 9.66. The zero-order valence-electron chi connectivity index (χ0n) is 5.36. The molecule has 0 bridgehead atoms. The number of halogens is 2. The van der Waals surface area contributed by atoms with E-state index < -0.39 is 10.5 Å². The van der Waals surface area contributed by atoms with Crippen LogP contribution in [0.1, 0.15) is 13.3 Å². The maximum Gasteiger partial charge on any atom is 0.248 e. The lowest BCUT2D eigenvalue weighted by Crippen LogP contribution is -1.93. The van der Waals surface area contributed by atoms with E-state index in [0.29, 0.717) is 6.42 Å². The van der Waals surface area contributed by atoms with Crippen molar-refractivity contribution >= 4 is 33.7 Å². The summed E-state index contributed by atoms with van der Waals surface area (Å²) in [7, 11) is 0. The Morgan fingerprint density at radius 3 is 2.00 bits per heavy atom. The molecule has 0 aromatic rings. The molecule has 0 spiro atoms. The summed E-state index contributed by atoms with van der Waals surface area (Å²) in [6.45, 7) is 1.71. The highest BCUT2D eigenvalue weighted by Gasteiger charge is 2.03. The maximum atomic E-state index is 10.4. The van der Waals surface area contributed by atoms with E-state index in [1.165, 1.54) is 0 Å². The minimum Gasteiger partial charge on any atom is -0.276 e. The smallest absolute Gasteiger partial charge is 0.248 e. The third-order valence-corrected chi connectivity index (χ3v) is 1.27. The van der Waals surface area contributed by atoms with Crippen LogP contribution in [0.15, 0.2) is 11.6 Å². The topological polar surface area (TPSA) is 34.1 Å². The molecule has 0 aromatic carbocycles. The number of hydrogen-bond acceptors (Lipinski definition) is 2. The van der Waals surface area contributed by atoms with Crippen molar-refractivity contribution in [2.45, 2.75) is 13.3 Å². The van der Waals surface area contributed by atoms with E-state index in [2.05, 4.69) is 0 Å². The molecule has 0 N–H and O–H groups in total. The molecule has 0 heterocycles. The highest BCUT2D eigenvalue weighted by Crippen LogP contribution is 2.05. The molecular weight excluding hydrogens is 175 g/mol. The van der Waals surface area contributed by atoms with Crippen molar-refractivity contribution in [3.05, 3.63) is 11.6 Å². The molecular formula is C6H6Cl2O2. The summed E-state index contributed by atoms with van der Waals surface area (Å²) in [5.74, 6) is 0. The fourth-order valence-electron chi connectivity index (χ4n) is 0.435. The van der Waals surface area contributed by atoms with Gasteiger partial charge in [-0.05, 0) is 29.6 Å². The summed E-state index contributed by atoms with van der Waals surface area (Å²) in [6.07, 6.45) is 1.44. The summed E-state index contributed by atoms with van der Waals surface area (Å²) < 4.78 is 0. The van der Waals surface area contributed by atoms with E-state index in [0.717, 1.165) is 6.08 Å². The van der Waals surface area contributed by atoms with Gasteiger partial charge in [-0.2, -0.15) is 0 Å². The largest absolute Gasteiger partial charge is 0.276 e. The summed E-state index contributed by atoms with van der Waals surface area (Å²) in [4.78, 5) is 20.6. The quantitative estimate of drug-likeness (QED) is 0.491. The maximum absolute atomic E-state index is 10.4. The Labute approximate surface area is 68.8 Å². The molecule has 0 aromatic heterocycles. The monoisotopic (exact) mass is 180 g/mol. The first-order valence-corrected chi connectivity index (χ1v) is 3.43. The van der Waals surface area contributed by atoms with E-state index >= 15 is 0 Å². The molecule has 0 unspecified atom stereocenters. The third kappa shape index (κ3) is 3.64. The molecule has 0 radical (unpaired) electrons. The van der Waals surface area contributed by atoms with Crippen molar-refractivity contribution < 1.29 is 9.59 Å². The zero-order chi connectivity index (χ0) is 8.15. The molecule has 0 aliphatic rings.